The van der Waals surface area contributed by atoms with Crippen LogP contribution in [0.25, 0.3) is 0 Å². The molecule has 2 aromatic rings. The molecule has 0 bridgehead atoms. The predicted octanol–water partition coefficient (Wildman–Crippen LogP) is 1.73. The smallest absolute Gasteiger partial charge is 0.343 e. The maximum absolute atomic E-state index is 12.1. The Morgan fingerprint density at radius 3 is 2.84 bits per heavy atom. The zero-order valence-electron chi connectivity index (χ0n) is 10.2. The number of carbonyl (C=O) groups excluding carboxylic acids is 1. The van der Waals surface area contributed by atoms with E-state index >= 15 is 0 Å². The lowest BCUT2D eigenvalue weighted by Gasteiger charge is -2.07. The van der Waals surface area contributed by atoms with E-state index in [1.807, 2.05) is 0 Å². The van der Waals surface area contributed by atoms with E-state index in [-0.39, 0.29) is 5.56 Å². The van der Waals surface area contributed by atoms with Crippen LogP contribution in [0.4, 0.5) is 0 Å². The predicted molar refractivity (Wildman–Crippen MR) is 70.4 cm³/mol. The molecule has 98 valence electrons. The van der Waals surface area contributed by atoms with Crippen LogP contribution in [0.3, 0.4) is 0 Å². The highest BCUT2D eigenvalue weighted by Gasteiger charge is 2.12. The van der Waals surface area contributed by atoms with Gasteiger partial charge in [-0.15, -0.1) is 0 Å². The first kappa shape index (κ1) is 13.3. The summed E-state index contributed by atoms with van der Waals surface area (Å²) in [6.07, 6.45) is 3.18. The van der Waals surface area contributed by atoms with Crippen molar-refractivity contribution < 1.29 is 9.53 Å². The lowest BCUT2D eigenvalue weighted by molar-refractivity contribution is 0.0598. The van der Waals surface area contributed by atoms with Crippen molar-refractivity contribution in [3.63, 3.8) is 0 Å². The van der Waals surface area contributed by atoms with Gasteiger partial charge < -0.3 is 9.30 Å². The Labute approximate surface area is 114 Å². The van der Waals surface area contributed by atoms with Crippen molar-refractivity contribution in [2.45, 2.75) is 6.54 Å². The topological polar surface area (TPSA) is 61.2 Å². The standard InChI is InChI=1S/C13H11ClN2O3/c1-19-13(18)10-3-2-6-16(12(10)17)8-9-4-5-11(14)15-7-9/h2-7H,8H2,1H3. The summed E-state index contributed by atoms with van der Waals surface area (Å²) >= 11 is 5.69. The summed E-state index contributed by atoms with van der Waals surface area (Å²) in [4.78, 5) is 27.4. The second-order valence-corrected chi connectivity index (χ2v) is 4.22. The van der Waals surface area contributed by atoms with E-state index in [0.717, 1.165) is 5.56 Å². The third kappa shape index (κ3) is 3.00. The molecule has 2 rings (SSSR count). The van der Waals surface area contributed by atoms with Crippen molar-refractivity contribution in [3.8, 4) is 0 Å². The molecule has 0 aromatic carbocycles. The third-order valence-electron chi connectivity index (χ3n) is 2.57. The van der Waals surface area contributed by atoms with Crippen LogP contribution in [0, 0.1) is 0 Å². The number of methoxy groups -OCH3 is 1. The maximum atomic E-state index is 12.1. The van der Waals surface area contributed by atoms with E-state index in [4.69, 9.17) is 11.6 Å². The van der Waals surface area contributed by atoms with Gasteiger partial charge in [0, 0.05) is 12.4 Å². The monoisotopic (exact) mass is 278 g/mol. The Morgan fingerprint density at radius 1 is 1.42 bits per heavy atom. The third-order valence-corrected chi connectivity index (χ3v) is 2.79. The second-order valence-electron chi connectivity index (χ2n) is 3.84. The van der Waals surface area contributed by atoms with Crippen LogP contribution in [0.2, 0.25) is 5.15 Å². The van der Waals surface area contributed by atoms with Crippen LogP contribution in [0.15, 0.2) is 41.5 Å². The highest BCUT2D eigenvalue weighted by atomic mass is 35.5. The Balaban J connectivity index is 2.33. The van der Waals surface area contributed by atoms with E-state index in [0.29, 0.717) is 11.7 Å². The molecule has 0 saturated carbocycles. The number of carbonyl (C=O) groups is 1. The minimum atomic E-state index is -0.645. The van der Waals surface area contributed by atoms with Gasteiger partial charge in [-0.2, -0.15) is 0 Å². The molecular weight excluding hydrogens is 268 g/mol. The van der Waals surface area contributed by atoms with Gasteiger partial charge in [-0.3, -0.25) is 4.79 Å². The van der Waals surface area contributed by atoms with Crippen LogP contribution in [0.1, 0.15) is 15.9 Å². The molecule has 0 N–H and O–H groups in total. The molecule has 2 heterocycles. The van der Waals surface area contributed by atoms with Crippen molar-refractivity contribution in [2.75, 3.05) is 7.11 Å². The average molecular weight is 279 g/mol. The summed E-state index contributed by atoms with van der Waals surface area (Å²) in [5.74, 6) is -0.645. The first-order valence-corrected chi connectivity index (χ1v) is 5.88. The van der Waals surface area contributed by atoms with Crippen LogP contribution < -0.4 is 5.56 Å². The molecule has 0 aliphatic rings. The largest absolute Gasteiger partial charge is 0.465 e. The van der Waals surface area contributed by atoms with Crippen molar-refractivity contribution in [1.29, 1.82) is 0 Å². The molecule has 0 atom stereocenters. The summed E-state index contributed by atoms with van der Waals surface area (Å²) in [6, 6.07) is 6.47. The lowest BCUT2D eigenvalue weighted by Crippen LogP contribution is -2.26. The number of aromatic nitrogens is 2. The number of pyridine rings is 2. The van der Waals surface area contributed by atoms with E-state index in [2.05, 4.69) is 9.72 Å². The minimum absolute atomic E-state index is 0.00641. The Kier molecular flexibility index (Phi) is 3.97. The van der Waals surface area contributed by atoms with Crippen molar-refractivity contribution >= 4 is 17.6 Å². The quantitative estimate of drug-likeness (QED) is 0.634. The van der Waals surface area contributed by atoms with Crippen LogP contribution in [0.5, 0.6) is 0 Å². The van der Waals surface area contributed by atoms with Gasteiger partial charge in [-0.1, -0.05) is 17.7 Å². The van der Waals surface area contributed by atoms with Gasteiger partial charge in [0.05, 0.1) is 13.7 Å². The number of hydrogen-bond acceptors (Lipinski definition) is 4. The van der Waals surface area contributed by atoms with E-state index in [1.54, 1.807) is 30.6 Å². The molecule has 5 nitrogen and oxygen atoms in total. The highest BCUT2D eigenvalue weighted by molar-refractivity contribution is 6.29. The van der Waals surface area contributed by atoms with Gasteiger partial charge in [0.25, 0.3) is 5.56 Å². The summed E-state index contributed by atoms with van der Waals surface area (Å²) in [6.45, 7) is 0.313. The van der Waals surface area contributed by atoms with Gasteiger partial charge >= 0.3 is 5.97 Å². The van der Waals surface area contributed by atoms with Gasteiger partial charge in [-0.25, -0.2) is 9.78 Å². The normalized spacial score (nSPS) is 10.2. The molecule has 6 heteroatoms. The number of ether oxygens (including phenoxy) is 1. The van der Waals surface area contributed by atoms with Crippen LogP contribution in [-0.4, -0.2) is 22.6 Å². The number of halogens is 1. The number of hydrogen-bond donors (Lipinski definition) is 0. The molecule has 0 aliphatic heterocycles. The summed E-state index contributed by atoms with van der Waals surface area (Å²) < 4.78 is 5.97. The molecule has 0 radical (unpaired) electrons. The molecule has 0 fully saturated rings. The maximum Gasteiger partial charge on any atom is 0.343 e. The van der Waals surface area contributed by atoms with E-state index in [9.17, 15) is 9.59 Å². The lowest BCUT2D eigenvalue weighted by atomic mass is 10.2. The number of nitrogens with zero attached hydrogens (tertiary/aromatic N) is 2. The molecule has 0 aliphatic carbocycles. The average Bonchev–Trinajstić information content (AvgIpc) is 2.43. The fourth-order valence-electron chi connectivity index (χ4n) is 1.62. The van der Waals surface area contributed by atoms with Crippen molar-refractivity contribution in [2.24, 2.45) is 0 Å². The van der Waals surface area contributed by atoms with Crippen LogP contribution >= 0.6 is 11.6 Å². The highest BCUT2D eigenvalue weighted by Crippen LogP contribution is 2.06. The van der Waals surface area contributed by atoms with E-state index < -0.39 is 11.5 Å². The molecule has 0 spiro atoms. The molecule has 0 amide bonds. The fraction of sp³-hybridized carbons (Fsp3) is 0.154. The number of rotatable bonds is 3. The first-order chi connectivity index (χ1) is 9.11. The fourth-order valence-corrected chi connectivity index (χ4v) is 1.74. The summed E-state index contributed by atoms with van der Waals surface area (Å²) in [5, 5.41) is 0.388. The van der Waals surface area contributed by atoms with Crippen molar-refractivity contribution in [3.05, 3.63) is 63.3 Å². The second kappa shape index (κ2) is 5.67. The Morgan fingerprint density at radius 2 is 2.21 bits per heavy atom. The van der Waals surface area contributed by atoms with Gasteiger partial charge in [0.1, 0.15) is 10.7 Å². The summed E-state index contributed by atoms with van der Waals surface area (Å²) in [5.41, 5.74) is 0.421. The number of esters is 1. The van der Waals surface area contributed by atoms with Gasteiger partial charge in [0.15, 0.2) is 0 Å². The van der Waals surface area contributed by atoms with E-state index in [1.165, 1.54) is 17.7 Å². The van der Waals surface area contributed by atoms with Gasteiger partial charge in [0.2, 0.25) is 0 Å². The zero-order chi connectivity index (χ0) is 13.8. The SMILES string of the molecule is COC(=O)c1cccn(Cc2ccc(Cl)nc2)c1=O. The molecular formula is C13H11ClN2O3. The van der Waals surface area contributed by atoms with Crippen LogP contribution in [-0.2, 0) is 11.3 Å². The van der Waals surface area contributed by atoms with Crippen molar-refractivity contribution in [1.82, 2.24) is 9.55 Å². The molecule has 0 unspecified atom stereocenters. The molecule has 2 aromatic heterocycles. The Hall–Kier alpha value is -2.14. The molecule has 0 saturated heterocycles. The minimum Gasteiger partial charge on any atom is -0.465 e. The summed E-state index contributed by atoms with van der Waals surface area (Å²) in [7, 11) is 1.24. The zero-order valence-corrected chi connectivity index (χ0v) is 10.9. The molecule has 19 heavy (non-hydrogen) atoms. The Bertz CT molecular complexity index is 650. The first-order valence-electron chi connectivity index (χ1n) is 5.50. The van der Waals surface area contributed by atoms with Gasteiger partial charge in [-0.05, 0) is 23.8 Å².